The summed E-state index contributed by atoms with van der Waals surface area (Å²) in [6, 6.07) is 18.7. The third-order valence-electron chi connectivity index (χ3n) is 4.97. The molecule has 0 bridgehead atoms. The Morgan fingerprint density at radius 3 is 2.24 bits per heavy atom. The topological polar surface area (TPSA) is 49.2 Å². The average Bonchev–Trinajstić information content (AvgIpc) is 3.19. The van der Waals surface area contributed by atoms with E-state index in [0.29, 0.717) is 12.4 Å². The lowest BCUT2D eigenvalue weighted by molar-refractivity contribution is 0.402. The largest absolute Gasteiger partial charge is 0.497 e. The number of hydrogen-bond acceptors (Lipinski definition) is 4. The first kappa shape index (κ1) is 18.7. The summed E-state index contributed by atoms with van der Waals surface area (Å²) >= 11 is 0. The second-order valence-corrected chi connectivity index (χ2v) is 6.80. The maximum Gasteiger partial charge on any atom is 0.225 e. The van der Waals surface area contributed by atoms with E-state index in [4.69, 9.17) is 9.47 Å². The van der Waals surface area contributed by atoms with Crippen LogP contribution in [0.3, 0.4) is 0 Å². The van der Waals surface area contributed by atoms with Gasteiger partial charge in [-0.05, 0) is 41.8 Å². The highest BCUT2D eigenvalue weighted by molar-refractivity contribution is 5.82. The van der Waals surface area contributed by atoms with E-state index in [0.717, 1.165) is 27.9 Å². The highest BCUT2D eigenvalue weighted by atomic mass is 16.5. The molecule has 5 nitrogen and oxygen atoms in total. The lowest BCUT2D eigenvalue weighted by Crippen LogP contribution is -1.98. The molecule has 0 radical (unpaired) electrons. The summed E-state index contributed by atoms with van der Waals surface area (Å²) in [5, 5.41) is 0.907. The number of aromatic nitrogens is 3. The second kappa shape index (κ2) is 8.19. The zero-order chi connectivity index (χ0) is 20.2. The standard InChI is InChI=1S/C24H23N3O2/c1-17-4-6-18(7-5-17)21(19-8-10-20(28-2)11-9-19)12-14-27-15-13-22-23(27)25-16-26-24(22)29-3/h4-13,15-16H,14H2,1-3H3. The van der Waals surface area contributed by atoms with Crippen molar-refractivity contribution >= 4 is 16.6 Å². The molecule has 2 heterocycles. The summed E-state index contributed by atoms with van der Waals surface area (Å²) in [6.07, 6.45) is 5.77. The van der Waals surface area contributed by atoms with E-state index in [1.807, 2.05) is 24.4 Å². The van der Waals surface area contributed by atoms with Crippen molar-refractivity contribution in [1.82, 2.24) is 14.5 Å². The Labute approximate surface area is 170 Å². The maximum absolute atomic E-state index is 5.35. The summed E-state index contributed by atoms with van der Waals surface area (Å²) in [4.78, 5) is 8.61. The van der Waals surface area contributed by atoms with Gasteiger partial charge in [-0.3, -0.25) is 0 Å². The molecule has 0 saturated carbocycles. The highest BCUT2D eigenvalue weighted by Crippen LogP contribution is 2.27. The highest BCUT2D eigenvalue weighted by Gasteiger charge is 2.10. The molecule has 0 fully saturated rings. The number of rotatable bonds is 6. The van der Waals surface area contributed by atoms with Crippen molar-refractivity contribution < 1.29 is 9.47 Å². The molecule has 0 amide bonds. The molecular weight excluding hydrogens is 362 g/mol. The monoisotopic (exact) mass is 385 g/mol. The number of fused-ring (bicyclic) bond motifs is 1. The first-order chi connectivity index (χ1) is 14.2. The first-order valence-corrected chi connectivity index (χ1v) is 9.45. The van der Waals surface area contributed by atoms with Crippen molar-refractivity contribution in [3.05, 3.63) is 89.9 Å². The van der Waals surface area contributed by atoms with Crippen LogP contribution < -0.4 is 9.47 Å². The van der Waals surface area contributed by atoms with Crippen LogP contribution in [0, 0.1) is 6.92 Å². The Morgan fingerprint density at radius 1 is 0.897 bits per heavy atom. The summed E-state index contributed by atoms with van der Waals surface area (Å²) < 4.78 is 12.8. The minimum absolute atomic E-state index is 0.589. The maximum atomic E-state index is 5.35. The lowest BCUT2D eigenvalue weighted by atomic mass is 9.96. The smallest absolute Gasteiger partial charge is 0.225 e. The number of ether oxygens (including phenoxy) is 2. The number of hydrogen-bond donors (Lipinski definition) is 0. The van der Waals surface area contributed by atoms with E-state index in [1.165, 1.54) is 17.5 Å². The van der Waals surface area contributed by atoms with Crippen LogP contribution in [0.1, 0.15) is 16.7 Å². The fourth-order valence-corrected chi connectivity index (χ4v) is 3.39. The molecule has 4 aromatic rings. The molecule has 4 rings (SSSR count). The molecule has 29 heavy (non-hydrogen) atoms. The van der Waals surface area contributed by atoms with Gasteiger partial charge in [0.2, 0.25) is 5.88 Å². The molecule has 0 saturated heterocycles. The van der Waals surface area contributed by atoms with Gasteiger partial charge in [0.1, 0.15) is 17.7 Å². The van der Waals surface area contributed by atoms with E-state index in [-0.39, 0.29) is 0 Å². The van der Waals surface area contributed by atoms with Gasteiger partial charge in [-0.25, -0.2) is 9.97 Å². The molecule has 0 N–H and O–H groups in total. The normalized spacial score (nSPS) is 11.6. The zero-order valence-corrected chi connectivity index (χ0v) is 16.8. The fourth-order valence-electron chi connectivity index (χ4n) is 3.39. The van der Waals surface area contributed by atoms with Crippen LogP contribution in [0.25, 0.3) is 16.6 Å². The molecule has 0 unspecified atom stereocenters. The number of allylic oxidation sites excluding steroid dienone is 1. The Morgan fingerprint density at radius 2 is 1.59 bits per heavy atom. The van der Waals surface area contributed by atoms with Gasteiger partial charge in [-0.15, -0.1) is 0 Å². The van der Waals surface area contributed by atoms with E-state index >= 15 is 0 Å². The zero-order valence-electron chi connectivity index (χ0n) is 16.8. The summed E-state index contributed by atoms with van der Waals surface area (Å²) in [5.74, 6) is 1.43. The van der Waals surface area contributed by atoms with Crippen molar-refractivity contribution in [2.75, 3.05) is 14.2 Å². The SMILES string of the molecule is COc1ccc(C(=CCn2ccc3c(OC)ncnc32)c2ccc(C)cc2)cc1. The van der Waals surface area contributed by atoms with Gasteiger partial charge in [-0.2, -0.15) is 0 Å². The van der Waals surface area contributed by atoms with Crippen molar-refractivity contribution in [2.45, 2.75) is 13.5 Å². The lowest BCUT2D eigenvalue weighted by Gasteiger charge is -2.11. The van der Waals surface area contributed by atoms with Crippen LogP contribution in [-0.2, 0) is 6.54 Å². The van der Waals surface area contributed by atoms with Gasteiger partial charge in [0.05, 0.1) is 19.6 Å². The molecular formula is C24H23N3O2. The molecule has 0 atom stereocenters. The molecule has 0 aliphatic carbocycles. The molecule has 0 spiro atoms. The van der Waals surface area contributed by atoms with E-state index < -0.39 is 0 Å². The van der Waals surface area contributed by atoms with Crippen LogP contribution in [0.15, 0.2) is 73.2 Å². The molecule has 0 aliphatic rings. The quantitative estimate of drug-likeness (QED) is 0.474. The van der Waals surface area contributed by atoms with Gasteiger partial charge in [0.25, 0.3) is 0 Å². The van der Waals surface area contributed by atoms with E-state index in [9.17, 15) is 0 Å². The second-order valence-electron chi connectivity index (χ2n) is 6.80. The fraction of sp³-hybridized carbons (Fsp3) is 0.167. The molecule has 2 aromatic carbocycles. The van der Waals surface area contributed by atoms with Crippen LogP contribution in [0.2, 0.25) is 0 Å². The van der Waals surface area contributed by atoms with Crippen molar-refractivity contribution in [3.8, 4) is 11.6 Å². The third kappa shape index (κ3) is 3.85. The Bertz CT molecular complexity index is 1140. The number of methoxy groups -OCH3 is 2. The minimum atomic E-state index is 0.589. The molecule has 2 aromatic heterocycles. The van der Waals surface area contributed by atoms with Crippen LogP contribution in [0.4, 0.5) is 0 Å². The minimum Gasteiger partial charge on any atom is -0.497 e. The Balaban J connectivity index is 1.74. The van der Waals surface area contributed by atoms with Crippen LogP contribution in [0.5, 0.6) is 11.6 Å². The third-order valence-corrected chi connectivity index (χ3v) is 4.97. The van der Waals surface area contributed by atoms with E-state index in [2.05, 4.69) is 63.9 Å². The van der Waals surface area contributed by atoms with Crippen molar-refractivity contribution in [2.24, 2.45) is 0 Å². The van der Waals surface area contributed by atoms with Gasteiger partial charge in [0, 0.05) is 12.7 Å². The Hall–Kier alpha value is -3.60. The van der Waals surface area contributed by atoms with Gasteiger partial charge in [0.15, 0.2) is 0 Å². The molecule has 5 heteroatoms. The van der Waals surface area contributed by atoms with Crippen LogP contribution >= 0.6 is 0 Å². The number of nitrogens with zero attached hydrogens (tertiary/aromatic N) is 3. The van der Waals surface area contributed by atoms with E-state index in [1.54, 1.807) is 14.2 Å². The predicted octanol–water partition coefficient (Wildman–Crippen LogP) is 4.89. The summed E-state index contributed by atoms with van der Waals surface area (Å²) in [6.45, 7) is 2.78. The number of aryl methyl sites for hydroxylation is 1. The summed E-state index contributed by atoms with van der Waals surface area (Å²) in [7, 11) is 3.30. The van der Waals surface area contributed by atoms with Crippen molar-refractivity contribution in [3.63, 3.8) is 0 Å². The predicted molar refractivity (Wildman–Crippen MR) is 115 cm³/mol. The van der Waals surface area contributed by atoms with Gasteiger partial charge in [-0.1, -0.05) is 48.0 Å². The summed E-state index contributed by atoms with van der Waals surface area (Å²) in [5.41, 5.74) is 5.56. The van der Waals surface area contributed by atoms with Crippen molar-refractivity contribution in [1.29, 1.82) is 0 Å². The molecule has 0 aliphatic heterocycles. The molecule has 146 valence electrons. The van der Waals surface area contributed by atoms with Crippen LogP contribution in [-0.4, -0.2) is 28.8 Å². The number of benzene rings is 2. The van der Waals surface area contributed by atoms with Gasteiger partial charge < -0.3 is 14.0 Å². The first-order valence-electron chi connectivity index (χ1n) is 9.45. The Kier molecular flexibility index (Phi) is 5.29. The van der Waals surface area contributed by atoms with Gasteiger partial charge >= 0.3 is 0 Å². The average molecular weight is 385 g/mol.